The Balaban J connectivity index is 2.58. The van der Waals surface area contributed by atoms with Gasteiger partial charge >= 0.3 is 12.0 Å². The first-order valence-electron chi connectivity index (χ1n) is 4.12. The Morgan fingerprint density at radius 1 is 1.08 bits per heavy atom. The first-order chi connectivity index (χ1) is 6.45. The van der Waals surface area contributed by atoms with Crippen molar-refractivity contribution in [2.24, 2.45) is 0 Å². The fourth-order valence-electron chi connectivity index (χ4n) is 1.53. The van der Waals surface area contributed by atoms with E-state index >= 15 is 0 Å². The molecular weight excluding hydrogens is 164 g/mol. The molecule has 0 bridgehead atoms. The van der Waals surface area contributed by atoms with Gasteiger partial charge in [-0.2, -0.15) is 0 Å². The summed E-state index contributed by atoms with van der Waals surface area (Å²) in [5.41, 5.74) is 1.87. The lowest BCUT2D eigenvalue weighted by atomic mass is 10.2. The predicted octanol–water partition coefficient (Wildman–Crippen LogP) is 3.41. The van der Waals surface area contributed by atoms with E-state index < -0.39 is 0 Å². The molecule has 0 amide bonds. The topological polar surface area (TPSA) is 24.4 Å². The van der Waals surface area contributed by atoms with Crippen molar-refractivity contribution in [3.05, 3.63) is 42.9 Å². The van der Waals surface area contributed by atoms with Gasteiger partial charge in [0.15, 0.2) is 0 Å². The third-order valence-corrected chi connectivity index (χ3v) is 2.15. The molecule has 0 aromatic carbocycles. The second-order valence-corrected chi connectivity index (χ2v) is 2.94. The van der Waals surface area contributed by atoms with Gasteiger partial charge in [0.1, 0.15) is 0 Å². The molecule has 0 saturated heterocycles. The zero-order chi connectivity index (χ0) is 8.67. The van der Waals surface area contributed by atoms with E-state index in [1.165, 1.54) is 0 Å². The molecule has 62 valence electrons. The minimum atomic E-state index is 0.810. The molecule has 0 fully saturated rings. The van der Waals surface area contributed by atoms with Gasteiger partial charge < -0.3 is 4.42 Å². The number of hydrogen-bond acceptors (Lipinski definition) is 1. The van der Waals surface area contributed by atoms with Crippen molar-refractivity contribution >= 4 is 11.0 Å². The van der Waals surface area contributed by atoms with Crippen LogP contribution in [0.4, 0.5) is 0 Å². The quantitative estimate of drug-likeness (QED) is 0.484. The number of fused-ring (bicyclic) bond motifs is 3. The standard InChI is InChI=1S/C11H7O2/c1-2-8-4-6-12-10(8)11-9(3-1)5-7-13-11/h1-7H/q+1. The molecule has 3 rings (SSSR count). The molecule has 2 heteroatoms. The summed E-state index contributed by atoms with van der Waals surface area (Å²) in [5, 5.41) is 1.06. The van der Waals surface area contributed by atoms with Crippen LogP contribution in [-0.2, 0) is 0 Å². The summed E-state index contributed by atoms with van der Waals surface area (Å²) >= 11 is 0. The molecule has 1 aliphatic heterocycles. The summed E-state index contributed by atoms with van der Waals surface area (Å²) in [7, 11) is 0. The van der Waals surface area contributed by atoms with E-state index in [9.17, 15) is 0 Å². The molecule has 0 unspecified atom stereocenters. The minimum Gasteiger partial charge on any atom is -0.455 e. The van der Waals surface area contributed by atoms with Gasteiger partial charge in [-0.25, -0.2) is 4.42 Å². The zero-order valence-electron chi connectivity index (χ0n) is 6.86. The maximum absolute atomic E-state index is 5.36. The molecule has 13 heavy (non-hydrogen) atoms. The van der Waals surface area contributed by atoms with E-state index in [-0.39, 0.29) is 0 Å². The lowest BCUT2D eigenvalue weighted by Gasteiger charge is -1.77. The van der Waals surface area contributed by atoms with Crippen molar-refractivity contribution in [1.82, 2.24) is 0 Å². The van der Waals surface area contributed by atoms with Gasteiger partial charge in [0.25, 0.3) is 0 Å². The highest BCUT2D eigenvalue weighted by Crippen LogP contribution is 2.30. The normalized spacial score (nSPS) is 11.1. The molecule has 1 aromatic heterocycles. The van der Waals surface area contributed by atoms with Gasteiger partial charge in [0.2, 0.25) is 5.58 Å². The minimum absolute atomic E-state index is 0.810. The zero-order valence-corrected chi connectivity index (χ0v) is 6.86. The van der Waals surface area contributed by atoms with Crippen molar-refractivity contribution in [2.75, 3.05) is 0 Å². The molecule has 2 nitrogen and oxygen atoms in total. The van der Waals surface area contributed by atoms with Gasteiger partial charge in [-0.15, -0.1) is 0 Å². The third kappa shape index (κ3) is 0.855. The summed E-state index contributed by atoms with van der Waals surface area (Å²) in [5.74, 6) is 0.810. The summed E-state index contributed by atoms with van der Waals surface area (Å²) in [6.45, 7) is 0. The Labute approximate surface area is 74.7 Å². The van der Waals surface area contributed by atoms with Crippen LogP contribution in [0.25, 0.3) is 22.3 Å². The number of rotatable bonds is 0. The summed E-state index contributed by atoms with van der Waals surface area (Å²) in [6.07, 6.45) is 3.35. The molecule has 2 heterocycles. The summed E-state index contributed by atoms with van der Waals surface area (Å²) in [4.78, 5) is 0. The second kappa shape index (κ2) is 2.33. The van der Waals surface area contributed by atoms with E-state index in [1.807, 2.05) is 30.3 Å². The molecular formula is C11H7O2+. The van der Waals surface area contributed by atoms with Crippen molar-refractivity contribution in [1.29, 1.82) is 0 Å². The molecule has 0 radical (unpaired) electrons. The van der Waals surface area contributed by atoms with Gasteiger partial charge in [-0.05, 0) is 12.1 Å². The largest absolute Gasteiger partial charge is 0.455 e. The molecule has 0 N–H and O–H groups in total. The highest BCUT2D eigenvalue weighted by molar-refractivity contribution is 5.89. The maximum atomic E-state index is 5.36. The first-order valence-corrected chi connectivity index (χ1v) is 4.12. The Bertz CT molecular complexity index is 525. The number of furan rings is 2. The molecule has 2 aliphatic rings. The van der Waals surface area contributed by atoms with Crippen LogP contribution < -0.4 is 0 Å². The van der Waals surface area contributed by atoms with Gasteiger partial charge in [-0.1, -0.05) is 12.1 Å². The van der Waals surface area contributed by atoms with Crippen molar-refractivity contribution < 1.29 is 8.83 Å². The van der Waals surface area contributed by atoms with E-state index in [4.69, 9.17) is 8.83 Å². The highest BCUT2D eigenvalue weighted by Gasteiger charge is 2.20. The Morgan fingerprint density at radius 3 is 3.08 bits per heavy atom. The van der Waals surface area contributed by atoms with Crippen LogP contribution in [0.5, 0.6) is 0 Å². The fourth-order valence-corrected chi connectivity index (χ4v) is 1.53. The monoisotopic (exact) mass is 171 g/mol. The lowest BCUT2D eigenvalue weighted by Crippen LogP contribution is -1.64. The average molecular weight is 171 g/mol. The van der Waals surface area contributed by atoms with Crippen LogP contribution >= 0.6 is 0 Å². The Hall–Kier alpha value is -1.83. The Morgan fingerprint density at radius 2 is 2.08 bits per heavy atom. The molecule has 1 aliphatic carbocycles. The maximum Gasteiger partial charge on any atom is 0.402 e. The van der Waals surface area contributed by atoms with Crippen molar-refractivity contribution in [3.63, 3.8) is 0 Å². The molecule has 0 atom stereocenters. The molecule has 1 aromatic rings. The van der Waals surface area contributed by atoms with Crippen LogP contribution in [0.1, 0.15) is 0 Å². The van der Waals surface area contributed by atoms with Crippen LogP contribution in [0, 0.1) is 0 Å². The first kappa shape index (κ1) is 6.66. The van der Waals surface area contributed by atoms with E-state index in [0.717, 1.165) is 22.3 Å². The van der Waals surface area contributed by atoms with Crippen LogP contribution in [0.15, 0.2) is 51.7 Å². The molecule has 0 spiro atoms. The SMILES string of the molecule is c1cc2cc[o+]c-2c2occc2c1. The van der Waals surface area contributed by atoms with Crippen LogP contribution in [0.2, 0.25) is 0 Å². The fraction of sp³-hybridized carbons (Fsp3) is 0. The third-order valence-electron chi connectivity index (χ3n) is 2.15. The average Bonchev–Trinajstić information content (AvgIpc) is 2.72. The van der Waals surface area contributed by atoms with Gasteiger partial charge in [0, 0.05) is 5.39 Å². The number of hydrogen-bond donors (Lipinski definition) is 0. The summed E-state index contributed by atoms with van der Waals surface area (Å²) < 4.78 is 10.7. The van der Waals surface area contributed by atoms with E-state index in [1.54, 1.807) is 12.5 Å². The van der Waals surface area contributed by atoms with Crippen molar-refractivity contribution in [2.45, 2.75) is 0 Å². The van der Waals surface area contributed by atoms with Crippen molar-refractivity contribution in [3.8, 4) is 11.3 Å². The smallest absolute Gasteiger partial charge is 0.402 e. The second-order valence-electron chi connectivity index (χ2n) is 2.94. The van der Waals surface area contributed by atoms with Crippen LogP contribution in [0.3, 0.4) is 0 Å². The Kier molecular flexibility index (Phi) is 1.19. The predicted molar refractivity (Wildman–Crippen MR) is 49.5 cm³/mol. The van der Waals surface area contributed by atoms with E-state index in [2.05, 4.69) is 0 Å². The van der Waals surface area contributed by atoms with Crippen LogP contribution in [-0.4, -0.2) is 0 Å². The lowest BCUT2D eigenvalue weighted by molar-refractivity contribution is 0.558. The highest BCUT2D eigenvalue weighted by atomic mass is 16.4. The van der Waals surface area contributed by atoms with Gasteiger partial charge in [0.05, 0.1) is 17.9 Å². The molecule has 0 saturated carbocycles. The van der Waals surface area contributed by atoms with E-state index in [0.29, 0.717) is 0 Å². The van der Waals surface area contributed by atoms with Gasteiger partial charge in [-0.3, -0.25) is 0 Å². The summed E-state index contributed by atoms with van der Waals surface area (Å²) in [6, 6.07) is 9.87.